The van der Waals surface area contributed by atoms with Gasteiger partial charge in [-0.1, -0.05) is 29.3 Å². The highest BCUT2D eigenvalue weighted by molar-refractivity contribution is 5.31. The standard InChI is InChI=1S/C15H20N4O/c1-10-6-11(2)8-12(7-10)9-13(19-16)14-15(20-3)18-5-4-17-14/h4-8,13,19H,9,16H2,1-3H3. The average molecular weight is 272 g/mol. The number of hydrogen-bond donors (Lipinski definition) is 2. The van der Waals surface area contributed by atoms with Crippen molar-refractivity contribution in [1.82, 2.24) is 15.4 Å². The minimum absolute atomic E-state index is 0.139. The number of methoxy groups -OCH3 is 1. The van der Waals surface area contributed by atoms with Gasteiger partial charge in [-0.3, -0.25) is 16.3 Å². The first-order valence-corrected chi connectivity index (χ1v) is 6.52. The van der Waals surface area contributed by atoms with E-state index in [-0.39, 0.29) is 6.04 Å². The molecule has 0 fully saturated rings. The Kier molecular flexibility index (Phi) is 4.65. The molecule has 1 heterocycles. The van der Waals surface area contributed by atoms with Crippen LogP contribution in [0, 0.1) is 13.8 Å². The molecule has 1 aromatic carbocycles. The number of nitrogens with one attached hydrogen (secondary N) is 1. The van der Waals surface area contributed by atoms with Crippen LogP contribution in [0.3, 0.4) is 0 Å². The third-order valence-electron chi connectivity index (χ3n) is 3.14. The molecule has 106 valence electrons. The first-order valence-electron chi connectivity index (χ1n) is 6.52. The van der Waals surface area contributed by atoms with E-state index in [4.69, 9.17) is 10.6 Å². The van der Waals surface area contributed by atoms with Crippen LogP contribution < -0.4 is 16.0 Å². The zero-order valence-electron chi connectivity index (χ0n) is 12.1. The van der Waals surface area contributed by atoms with E-state index in [9.17, 15) is 0 Å². The highest BCUT2D eigenvalue weighted by atomic mass is 16.5. The molecule has 0 saturated heterocycles. The molecule has 0 aliphatic rings. The molecule has 0 saturated carbocycles. The molecule has 5 heteroatoms. The lowest BCUT2D eigenvalue weighted by Crippen LogP contribution is -2.30. The molecule has 0 aliphatic heterocycles. The maximum absolute atomic E-state index is 5.68. The molecule has 0 spiro atoms. The number of hydrogen-bond acceptors (Lipinski definition) is 5. The lowest BCUT2D eigenvalue weighted by Gasteiger charge is -2.17. The van der Waals surface area contributed by atoms with Crippen LogP contribution in [-0.2, 0) is 6.42 Å². The smallest absolute Gasteiger partial charge is 0.237 e. The predicted octanol–water partition coefficient (Wildman–Crippen LogP) is 1.85. The van der Waals surface area contributed by atoms with Gasteiger partial charge in [0.15, 0.2) is 0 Å². The molecule has 0 amide bonds. The number of aryl methyl sites for hydroxylation is 2. The SMILES string of the molecule is COc1nccnc1C(Cc1cc(C)cc(C)c1)NN. The Labute approximate surface area is 119 Å². The number of nitrogens with two attached hydrogens (primary N) is 1. The zero-order chi connectivity index (χ0) is 14.5. The number of benzene rings is 1. The summed E-state index contributed by atoms with van der Waals surface area (Å²) in [6, 6.07) is 6.32. The van der Waals surface area contributed by atoms with E-state index in [0.29, 0.717) is 5.88 Å². The Morgan fingerprint density at radius 2 is 1.80 bits per heavy atom. The fraction of sp³-hybridized carbons (Fsp3) is 0.333. The Morgan fingerprint density at radius 3 is 2.40 bits per heavy atom. The van der Waals surface area contributed by atoms with E-state index in [0.717, 1.165) is 12.1 Å². The molecule has 2 aromatic rings. The van der Waals surface area contributed by atoms with Gasteiger partial charge < -0.3 is 4.74 Å². The van der Waals surface area contributed by atoms with Gasteiger partial charge in [0.05, 0.1) is 13.2 Å². The van der Waals surface area contributed by atoms with E-state index in [2.05, 4.69) is 47.4 Å². The monoisotopic (exact) mass is 272 g/mol. The van der Waals surface area contributed by atoms with E-state index in [1.54, 1.807) is 19.5 Å². The molecule has 1 unspecified atom stereocenters. The number of nitrogens with zero attached hydrogens (tertiary/aromatic N) is 2. The summed E-state index contributed by atoms with van der Waals surface area (Å²) in [7, 11) is 1.58. The molecule has 1 aromatic heterocycles. The third-order valence-corrected chi connectivity index (χ3v) is 3.14. The molecule has 1 atom stereocenters. The summed E-state index contributed by atoms with van der Waals surface area (Å²) in [5.74, 6) is 6.18. The minimum Gasteiger partial charge on any atom is -0.480 e. The van der Waals surface area contributed by atoms with E-state index >= 15 is 0 Å². The fourth-order valence-electron chi connectivity index (χ4n) is 2.39. The highest BCUT2D eigenvalue weighted by Gasteiger charge is 2.18. The van der Waals surface area contributed by atoms with Crippen LogP contribution >= 0.6 is 0 Å². The number of rotatable bonds is 5. The quantitative estimate of drug-likeness (QED) is 0.642. The molecular weight excluding hydrogens is 252 g/mol. The zero-order valence-corrected chi connectivity index (χ0v) is 12.1. The molecule has 0 bridgehead atoms. The Bertz CT molecular complexity index is 566. The molecule has 0 radical (unpaired) electrons. The summed E-state index contributed by atoms with van der Waals surface area (Å²) < 4.78 is 5.24. The van der Waals surface area contributed by atoms with E-state index < -0.39 is 0 Å². The van der Waals surface area contributed by atoms with Crippen LogP contribution in [0.15, 0.2) is 30.6 Å². The lowest BCUT2D eigenvalue weighted by atomic mass is 10.00. The summed E-state index contributed by atoms with van der Waals surface area (Å²) in [5, 5.41) is 0. The van der Waals surface area contributed by atoms with Gasteiger partial charge in [-0.05, 0) is 25.8 Å². The maximum atomic E-state index is 5.68. The van der Waals surface area contributed by atoms with Crippen molar-refractivity contribution in [3.8, 4) is 5.88 Å². The van der Waals surface area contributed by atoms with Gasteiger partial charge in [0, 0.05) is 12.4 Å². The Hall–Kier alpha value is -1.98. The van der Waals surface area contributed by atoms with Crippen LogP contribution in [0.25, 0.3) is 0 Å². The molecule has 0 aliphatic carbocycles. The maximum Gasteiger partial charge on any atom is 0.237 e. The van der Waals surface area contributed by atoms with Crippen molar-refractivity contribution in [2.45, 2.75) is 26.3 Å². The second kappa shape index (κ2) is 6.45. The summed E-state index contributed by atoms with van der Waals surface area (Å²) in [4.78, 5) is 8.49. The first-order chi connectivity index (χ1) is 9.63. The van der Waals surface area contributed by atoms with Gasteiger partial charge >= 0.3 is 0 Å². The lowest BCUT2D eigenvalue weighted by molar-refractivity contribution is 0.377. The second-order valence-corrected chi connectivity index (χ2v) is 4.87. The molecular formula is C15H20N4O. The summed E-state index contributed by atoms with van der Waals surface area (Å²) >= 11 is 0. The number of hydrazine groups is 1. The fourth-order valence-corrected chi connectivity index (χ4v) is 2.39. The molecule has 5 nitrogen and oxygen atoms in total. The summed E-state index contributed by atoms with van der Waals surface area (Å²) in [6.07, 6.45) is 3.98. The molecule has 2 rings (SSSR count). The number of aromatic nitrogens is 2. The van der Waals surface area contributed by atoms with Gasteiger partial charge in [0.25, 0.3) is 0 Å². The van der Waals surface area contributed by atoms with E-state index in [1.165, 1.54) is 16.7 Å². The van der Waals surface area contributed by atoms with Gasteiger partial charge in [-0.2, -0.15) is 0 Å². The van der Waals surface area contributed by atoms with E-state index in [1.807, 2.05) is 0 Å². The van der Waals surface area contributed by atoms with Crippen LogP contribution in [0.2, 0.25) is 0 Å². The topological polar surface area (TPSA) is 73.1 Å². The summed E-state index contributed by atoms with van der Waals surface area (Å²) in [5.41, 5.74) is 7.20. The van der Waals surface area contributed by atoms with Gasteiger partial charge in [-0.25, -0.2) is 4.98 Å². The first kappa shape index (κ1) is 14.4. The van der Waals surface area contributed by atoms with Crippen molar-refractivity contribution in [1.29, 1.82) is 0 Å². The van der Waals surface area contributed by atoms with Crippen LogP contribution in [0.1, 0.15) is 28.4 Å². The predicted molar refractivity (Wildman–Crippen MR) is 78.3 cm³/mol. The van der Waals surface area contributed by atoms with Crippen molar-refractivity contribution in [3.05, 3.63) is 53.0 Å². The largest absolute Gasteiger partial charge is 0.480 e. The van der Waals surface area contributed by atoms with Crippen molar-refractivity contribution in [2.24, 2.45) is 5.84 Å². The number of ether oxygens (including phenoxy) is 1. The normalized spacial score (nSPS) is 12.2. The Balaban J connectivity index is 2.28. The molecule has 3 N–H and O–H groups in total. The van der Waals surface area contributed by atoms with Crippen LogP contribution in [0.4, 0.5) is 0 Å². The van der Waals surface area contributed by atoms with Crippen molar-refractivity contribution in [2.75, 3.05) is 7.11 Å². The Morgan fingerprint density at radius 1 is 1.15 bits per heavy atom. The minimum atomic E-state index is -0.139. The van der Waals surface area contributed by atoms with Gasteiger partial charge in [0.1, 0.15) is 5.69 Å². The second-order valence-electron chi connectivity index (χ2n) is 4.87. The van der Waals surface area contributed by atoms with Crippen LogP contribution in [-0.4, -0.2) is 17.1 Å². The highest BCUT2D eigenvalue weighted by Crippen LogP contribution is 2.23. The average Bonchev–Trinajstić information content (AvgIpc) is 2.43. The third kappa shape index (κ3) is 3.31. The van der Waals surface area contributed by atoms with Crippen molar-refractivity contribution in [3.63, 3.8) is 0 Å². The van der Waals surface area contributed by atoms with Crippen molar-refractivity contribution < 1.29 is 4.74 Å². The van der Waals surface area contributed by atoms with Crippen molar-refractivity contribution >= 4 is 0 Å². The van der Waals surface area contributed by atoms with Gasteiger partial charge in [0.2, 0.25) is 5.88 Å². The molecule has 20 heavy (non-hydrogen) atoms. The summed E-state index contributed by atoms with van der Waals surface area (Å²) in [6.45, 7) is 4.18. The van der Waals surface area contributed by atoms with Crippen LogP contribution in [0.5, 0.6) is 5.88 Å². The van der Waals surface area contributed by atoms with Gasteiger partial charge in [-0.15, -0.1) is 0 Å².